The number of aliphatic carboxylic acids is 1. The third-order valence-corrected chi connectivity index (χ3v) is 6.84. The molecule has 0 aromatic heterocycles. The highest BCUT2D eigenvalue weighted by Crippen LogP contribution is 2.30. The molecule has 0 spiro atoms. The highest BCUT2D eigenvalue weighted by molar-refractivity contribution is 7.87. The number of methoxy groups -OCH3 is 1. The molecule has 2 rings (SSSR count). The zero-order valence-electron chi connectivity index (χ0n) is 21.0. The largest absolute Gasteiger partial charge is 0.493 e. The molecule has 2 aromatic carbocycles. The van der Waals surface area contributed by atoms with E-state index in [2.05, 4.69) is 6.92 Å². The van der Waals surface area contributed by atoms with Gasteiger partial charge in [0, 0.05) is 6.42 Å². The zero-order chi connectivity index (χ0) is 25.7. The van der Waals surface area contributed by atoms with E-state index in [4.69, 9.17) is 18.8 Å². The van der Waals surface area contributed by atoms with Crippen molar-refractivity contribution in [1.29, 1.82) is 0 Å². The average molecular weight is 507 g/mol. The normalized spacial score (nSPS) is 11.3. The van der Waals surface area contributed by atoms with Gasteiger partial charge in [-0.05, 0) is 73.4 Å². The summed E-state index contributed by atoms with van der Waals surface area (Å²) >= 11 is 0. The monoisotopic (exact) mass is 506 g/mol. The summed E-state index contributed by atoms with van der Waals surface area (Å²) in [4.78, 5) is 10.9. The maximum atomic E-state index is 12.1. The number of carboxylic acids is 1. The number of aryl methyl sites for hydroxylation is 3. The molecule has 0 saturated heterocycles. The Morgan fingerprint density at radius 2 is 1.54 bits per heavy atom. The molecule has 0 aliphatic carbocycles. The van der Waals surface area contributed by atoms with Gasteiger partial charge in [-0.15, -0.1) is 0 Å². The van der Waals surface area contributed by atoms with Crippen LogP contribution >= 0.6 is 0 Å². The van der Waals surface area contributed by atoms with Crippen molar-refractivity contribution in [3.05, 3.63) is 53.1 Å². The van der Waals surface area contributed by atoms with E-state index in [1.54, 1.807) is 6.07 Å². The Labute approximate surface area is 209 Å². The van der Waals surface area contributed by atoms with E-state index >= 15 is 0 Å². The summed E-state index contributed by atoms with van der Waals surface area (Å²) in [6.45, 7) is 4.67. The predicted octanol–water partition coefficient (Wildman–Crippen LogP) is 5.58. The van der Waals surface area contributed by atoms with E-state index in [0.29, 0.717) is 25.2 Å². The number of carbonyl (C=O) groups is 1. The molecular formula is C27H38O7S. The topological polar surface area (TPSA) is 99.1 Å². The lowest BCUT2D eigenvalue weighted by molar-refractivity contribution is -0.136. The van der Waals surface area contributed by atoms with Crippen molar-refractivity contribution in [2.24, 2.45) is 0 Å². The lowest BCUT2D eigenvalue weighted by Crippen LogP contribution is -2.14. The van der Waals surface area contributed by atoms with Crippen LogP contribution in [0.5, 0.6) is 17.2 Å². The number of rotatable bonds is 17. The Kier molecular flexibility index (Phi) is 11.9. The fourth-order valence-electron chi connectivity index (χ4n) is 3.59. The summed E-state index contributed by atoms with van der Waals surface area (Å²) in [6, 6.07) is 11.3. The third kappa shape index (κ3) is 10.2. The molecule has 1 N–H and O–H groups in total. The molecule has 8 heteroatoms. The van der Waals surface area contributed by atoms with Gasteiger partial charge in [0.05, 0.1) is 19.5 Å². The van der Waals surface area contributed by atoms with Crippen LogP contribution in [0.2, 0.25) is 0 Å². The second-order valence-electron chi connectivity index (χ2n) is 8.58. The fraction of sp³-hybridized carbons (Fsp3) is 0.519. The van der Waals surface area contributed by atoms with Gasteiger partial charge in [0.1, 0.15) is 5.75 Å². The van der Waals surface area contributed by atoms with Crippen molar-refractivity contribution in [1.82, 2.24) is 0 Å². The smallest absolute Gasteiger partial charge is 0.309 e. The van der Waals surface area contributed by atoms with Crippen molar-refractivity contribution in [3.8, 4) is 17.2 Å². The van der Waals surface area contributed by atoms with Gasteiger partial charge in [-0.25, -0.2) is 0 Å². The van der Waals surface area contributed by atoms with Crippen molar-refractivity contribution in [2.45, 2.75) is 71.6 Å². The maximum Gasteiger partial charge on any atom is 0.309 e. The maximum absolute atomic E-state index is 12.1. The summed E-state index contributed by atoms with van der Waals surface area (Å²) in [6.07, 6.45) is 6.31. The lowest BCUT2D eigenvalue weighted by atomic mass is 10.0. The van der Waals surface area contributed by atoms with Crippen LogP contribution in [0.4, 0.5) is 0 Å². The molecule has 0 amide bonds. The van der Waals surface area contributed by atoms with E-state index in [1.807, 2.05) is 37.3 Å². The third-order valence-electron chi connectivity index (χ3n) is 5.62. The standard InChI is InChI=1S/C27H38O7S/c1-4-6-17-33-25-19-22(13-16-27(28)29)11-14-23(25)10-8-9-21-12-15-24(26(20-21)32-3)34-35(30,31)18-7-5-2/h11-12,14-15,19-20H,4-10,13,16-18H2,1-3H3,(H,28,29). The van der Waals surface area contributed by atoms with Crippen LogP contribution in [0.1, 0.15) is 69.1 Å². The van der Waals surface area contributed by atoms with E-state index in [9.17, 15) is 13.2 Å². The van der Waals surface area contributed by atoms with Crippen LogP contribution in [0.3, 0.4) is 0 Å². The zero-order valence-corrected chi connectivity index (χ0v) is 21.9. The Hall–Kier alpha value is -2.74. The van der Waals surface area contributed by atoms with Crippen molar-refractivity contribution < 1.29 is 32.0 Å². The minimum absolute atomic E-state index is 0.0217. The molecule has 0 saturated carbocycles. The van der Waals surface area contributed by atoms with E-state index < -0.39 is 16.1 Å². The molecule has 0 unspecified atom stereocenters. The minimum Gasteiger partial charge on any atom is -0.493 e. The molecule has 0 radical (unpaired) electrons. The highest BCUT2D eigenvalue weighted by Gasteiger charge is 2.16. The van der Waals surface area contributed by atoms with Gasteiger partial charge in [-0.3, -0.25) is 4.79 Å². The molecular weight excluding hydrogens is 468 g/mol. The van der Waals surface area contributed by atoms with Gasteiger partial charge >= 0.3 is 16.1 Å². The summed E-state index contributed by atoms with van der Waals surface area (Å²) in [5.74, 6) is 0.587. The van der Waals surface area contributed by atoms with Gasteiger partial charge in [-0.1, -0.05) is 44.9 Å². The molecule has 0 heterocycles. The van der Waals surface area contributed by atoms with Crippen molar-refractivity contribution in [2.75, 3.05) is 19.5 Å². The highest BCUT2D eigenvalue weighted by atomic mass is 32.2. The van der Waals surface area contributed by atoms with Gasteiger partial charge < -0.3 is 18.8 Å². The van der Waals surface area contributed by atoms with Crippen LogP contribution in [0.15, 0.2) is 36.4 Å². The van der Waals surface area contributed by atoms with Crippen LogP contribution in [0.25, 0.3) is 0 Å². The van der Waals surface area contributed by atoms with E-state index in [1.165, 1.54) is 7.11 Å². The summed E-state index contributed by atoms with van der Waals surface area (Å²) < 4.78 is 40.9. The second-order valence-corrected chi connectivity index (χ2v) is 10.3. The summed E-state index contributed by atoms with van der Waals surface area (Å²) in [7, 11) is -2.15. The molecule has 0 aliphatic heterocycles. The molecule has 0 fully saturated rings. The number of ether oxygens (including phenoxy) is 2. The second kappa shape index (κ2) is 14.6. The van der Waals surface area contributed by atoms with Crippen LogP contribution < -0.4 is 13.7 Å². The number of carboxylic acid groups (broad SMARTS) is 1. The van der Waals surface area contributed by atoms with Crippen LogP contribution in [0, 0.1) is 0 Å². The Morgan fingerprint density at radius 3 is 2.23 bits per heavy atom. The van der Waals surface area contributed by atoms with Gasteiger partial charge in [0.25, 0.3) is 0 Å². The summed E-state index contributed by atoms with van der Waals surface area (Å²) in [5.41, 5.74) is 3.07. The number of hydrogen-bond donors (Lipinski definition) is 1. The van der Waals surface area contributed by atoms with E-state index in [-0.39, 0.29) is 17.9 Å². The predicted molar refractivity (Wildman–Crippen MR) is 137 cm³/mol. The minimum atomic E-state index is -3.65. The molecule has 2 aromatic rings. The van der Waals surface area contributed by atoms with Gasteiger partial charge in [0.2, 0.25) is 0 Å². The molecule has 0 atom stereocenters. The molecule has 0 aliphatic rings. The number of benzene rings is 2. The SMILES string of the molecule is CCCCOc1cc(CCC(=O)O)ccc1CCCc1ccc(OS(=O)(=O)CCCC)c(OC)c1. The number of hydrogen-bond acceptors (Lipinski definition) is 6. The Balaban J connectivity index is 2.04. The molecule has 7 nitrogen and oxygen atoms in total. The first kappa shape index (κ1) is 28.5. The molecule has 0 bridgehead atoms. The van der Waals surface area contributed by atoms with Gasteiger partial charge in [0.15, 0.2) is 11.5 Å². The molecule has 35 heavy (non-hydrogen) atoms. The summed E-state index contributed by atoms with van der Waals surface area (Å²) in [5, 5.41) is 8.96. The lowest BCUT2D eigenvalue weighted by Gasteiger charge is -2.14. The molecule has 194 valence electrons. The quantitative estimate of drug-likeness (QED) is 0.221. The first-order chi connectivity index (χ1) is 16.8. The van der Waals surface area contributed by atoms with E-state index in [0.717, 1.165) is 61.0 Å². The number of unbranched alkanes of at least 4 members (excludes halogenated alkanes) is 2. The first-order valence-electron chi connectivity index (χ1n) is 12.3. The Bertz CT molecular complexity index is 1050. The average Bonchev–Trinajstić information content (AvgIpc) is 2.83. The van der Waals surface area contributed by atoms with Crippen molar-refractivity contribution >= 4 is 16.1 Å². The van der Waals surface area contributed by atoms with Crippen LogP contribution in [-0.4, -0.2) is 39.0 Å². The first-order valence-corrected chi connectivity index (χ1v) is 13.9. The van der Waals surface area contributed by atoms with Gasteiger partial charge in [-0.2, -0.15) is 8.42 Å². The Morgan fingerprint density at radius 1 is 0.857 bits per heavy atom. The van der Waals surface area contributed by atoms with Crippen LogP contribution in [-0.2, 0) is 34.2 Å². The van der Waals surface area contributed by atoms with Crippen molar-refractivity contribution in [3.63, 3.8) is 0 Å². The fourth-order valence-corrected chi connectivity index (χ4v) is 4.73.